The van der Waals surface area contributed by atoms with Gasteiger partial charge in [0.2, 0.25) is 0 Å². The van der Waals surface area contributed by atoms with Crippen LogP contribution in [0.1, 0.15) is 46.2 Å². The average Bonchev–Trinajstić information content (AvgIpc) is 3.15. The minimum atomic E-state index is -0.458. The molecule has 124 valence electrons. The molecule has 1 aliphatic carbocycles. The predicted molar refractivity (Wildman–Crippen MR) is 85.5 cm³/mol. The Balaban J connectivity index is 1.79. The van der Waals surface area contributed by atoms with Gasteiger partial charge in [0.05, 0.1) is 5.69 Å². The summed E-state index contributed by atoms with van der Waals surface area (Å²) >= 11 is 0. The van der Waals surface area contributed by atoms with E-state index in [0.29, 0.717) is 12.5 Å². The lowest BCUT2D eigenvalue weighted by Gasteiger charge is -2.22. The van der Waals surface area contributed by atoms with Crippen molar-refractivity contribution in [2.45, 2.75) is 65.3 Å². The van der Waals surface area contributed by atoms with E-state index >= 15 is 0 Å². The molecule has 1 unspecified atom stereocenters. The molecule has 0 aromatic carbocycles. The molecule has 0 radical (unpaired) electrons. The highest BCUT2D eigenvalue weighted by atomic mass is 16.6. The van der Waals surface area contributed by atoms with Crippen LogP contribution in [0, 0.1) is 5.92 Å². The van der Waals surface area contributed by atoms with Crippen molar-refractivity contribution in [1.29, 1.82) is 0 Å². The molecule has 0 aliphatic heterocycles. The van der Waals surface area contributed by atoms with Gasteiger partial charge < -0.3 is 15.4 Å². The van der Waals surface area contributed by atoms with Gasteiger partial charge >= 0.3 is 6.09 Å². The molecule has 2 N–H and O–H groups in total. The SMILES string of the molecule is CCn1nccc1CNC(CNC(=O)OC(C)(C)C)C1CC1. The van der Waals surface area contributed by atoms with E-state index in [1.807, 2.05) is 37.7 Å². The number of hydrogen-bond donors (Lipinski definition) is 2. The molecule has 1 aromatic rings. The van der Waals surface area contributed by atoms with Crippen LogP contribution in [0.15, 0.2) is 12.3 Å². The number of alkyl carbamates (subject to hydrolysis) is 1. The Bertz CT molecular complexity index is 489. The number of nitrogens with one attached hydrogen (secondary N) is 2. The summed E-state index contributed by atoms with van der Waals surface area (Å²) in [5.74, 6) is 0.646. The summed E-state index contributed by atoms with van der Waals surface area (Å²) in [6.07, 6.45) is 3.92. The van der Waals surface area contributed by atoms with Gasteiger partial charge in [-0.1, -0.05) is 0 Å². The highest BCUT2D eigenvalue weighted by Crippen LogP contribution is 2.32. The summed E-state index contributed by atoms with van der Waals surface area (Å²) in [5, 5.41) is 10.7. The molecule has 1 saturated carbocycles. The van der Waals surface area contributed by atoms with Crippen LogP contribution < -0.4 is 10.6 Å². The Morgan fingerprint density at radius 2 is 2.23 bits per heavy atom. The third-order valence-corrected chi connectivity index (χ3v) is 3.71. The van der Waals surface area contributed by atoms with Crippen LogP contribution in [-0.4, -0.2) is 34.1 Å². The van der Waals surface area contributed by atoms with Crippen molar-refractivity contribution < 1.29 is 9.53 Å². The van der Waals surface area contributed by atoms with E-state index in [1.165, 1.54) is 18.5 Å². The van der Waals surface area contributed by atoms with Crippen molar-refractivity contribution in [3.05, 3.63) is 18.0 Å². The molecule has 6 nitrogen and oxygen atoms in total. The first-order chi connectivity index (χ1) is 10.4. The number of rotatable bonds is 7. The minimum Gasteiger partial charge on any atom is -0.444 e. The van der Waals surface area contributed by atoms with Crippen molar-refractivity contribution in [1.82, 2.24) is 20.4 Å². The normalized spacial score (nSPS) is 16.4. The largest absolute Gasteiger partial charge is 0.444 e. The van der Waals surface area contributed by atoms with E-state index in [4.69, 9.17) is 4.74 Å². The zero-order valence-electron chi connectivity index (χ0n) is 14.1. The second-order valence-electron chi connectivity index (χ2n) is 6.85. The maximum Gasteiger partial charge on any atom is 0.407 e. The van der Waals surface area contributed by atoms with Gasteiger partial charge in [0.25, 0.3) is 0 Å². The van der Waals surface area contributed by atoms with Gasteiger partial charge in [0, 0.05) is 31.9 Å². The molecule has 1 amide bonds. The number of amides is 1. The molecule has 22 heavy (non-hydrogen) atoms. The Kier molecular flexibility index (Phi) is 5.45. The molecule has 1 aliphatic rings. The van der Waals surface area contributed by atoms with Crippen LogP contribution in [0.2, 0.25) is 0 Å². The average molecular weight is 308 g/mol. The summed E-state index contributed by atoms with van der Waals surface area (Å²) in [4.78, 5) is 11.8. The van der Waals surface area contributed by atoms with Gasteiger partial charge in [-0.15, -0.1) is 0 Å². The van der Waals surface area contributed by atoms with Crippen LogP contribution in [0.25, 0.3) is 0 Å². The van der Waals surface area contributed by atoms with Gasteiger partial charge in [-0.05, 0) is 52.5 Å². The van der Waals surface area contributed by atoms with Gasteiger partial charge in [0.1, 0.15) is 5.60 Å². The summed E-state index contributed by atoms with van der Waals surface area (Å²) < 4.78 is 7.27. The molecule has 0 spiro atoms. The molecule has 1 fully saturated rings. The predicted octanol–water partition coefficient (Wildman–Crippen LogP) is 2.30. The van der Waals surface area contributed by atoms with E-state index in [0.717, 1.165) is 13.1 Å². The van der Waals surface area contributed by atoms with E-state index < -0.39 is 5.60 Å². The van der Waals surface area contributed by atoms with Crippen LogP contribution >= 0.6 is 0 Å². The summed E-state index contributed by atoms with van der Waals surface area (Å²) in [5.41, 5.74) is 0.714. The van der Waals surface area contributed by atoms with E-state index in [1.54, 1.807) is 0 Å². The standard InChI is InChI=1S/C16H28N4O2/c1-5-20-13(8-9-19-20)10-17-14(12-6-7-12)11-18-15(21)22-16(2,3)4/h8-9,12,14,17H,5-7,10-11H2,1-4H3,(H,18,21). The summed E-state index contributed by atoms with van der Waals surface area (Å²) in [6.45, 7) is 9.93. The first-order valence-electron chi connectivity index (χ1n) is 8.10. The maximum atomic E-state index is 11.8. The van der Waals surface area contributed by atoms with E-state index in [9.17, 15) is 4.79 Å². The molecule has 1 atom stereocenters. The fourth-order valence-corrected chi connectivity index (χ4v) is 2.44. The summed E-state index contributed by atoms with van der Waals surface area (Å²) in [6, 6.07) is 2.31. The molecular formula is C16H28N4O2. The van der Waals surface area contributed by atoms with Crippen LogP contribution in [0.5, 0.6) is 0 Å². The van der Waals surface area contributed by atoms with Gasteiger partial charge in [-0.25, -0.2) is 4.79 Å². The number of aromatic nitrogens is 2. The Labute approximate surface area is 132 Å². The zero-order chi connectivity index (χ0) is 16.2. The molecule has 0 bridgehead atoms. The van der Waals surface area contributed by atoms with E-state index in [2.05, 4.69) is 22.7 Å². The summed E-state index contributed by atoms with van der Waals surface area (Å²) in [7, 11) is 0. The second-order valence-corrected chi connectivity index (χ2v) is 6.85. The monoisotopic (exact) mass is 308 g/mol. The van der Waals surface area contributed by atoms with Crippen molar-refractivity contribution in [2.75, 3.05) is 6.54 Å². The lowest BCUT2D eigenvalue weighted by atomic mass is 10.2. The Morgan fingerprint density at radius 3 is 2.82 bits per heavy atom. The highest BCUT2D eigenvalue weighted by Gasteiger charge is 2.31. The second kappa shape index (κ2) is 7.13. The number of carbonyl (C=O) groups is 1. The third-order valence-electron chi connectivity index (χ3n) is 3.71. The molecule has 6 heteroatoms. The smallest absolute Gasteiger partial charge is 0.407 e. The molecular weight excluding hydrogens is 280 g/mol. The molecule has 1 aromatic heterocycles. The first kappa shape index (κ1) is 16.8. The fraction of sp³-hybridized carbons (Fsp3) is 0.750. The quantitative estimate of drug-likeness (QED) is 0.811. The third kappa shape index (κ3) is 5.33. The Hall–Kier alpha value is -1.56. The molecule has 0 saturated heterocycles. The number of hydrogen-bond acceptors (Lipinski definition) is 4. The number of nitrogens with zero attached hydrogens (tertiary/aromatic N) is 2. The highest BCUT2D eigenvalue weighted by molar-refractivity contribution is 5.67. The van der Waals surface area contributed by atoms with Crippen molar-refractivity contribution in [2.24, 2.45) is 5.92 Å². The first-order valence-corrected chi connectivity index (χ1v) is 8.10. The van der Waals surface area contributed by atoms with Crippen molar-refractivity contribution >= 4 is 6.09 Å². The molecule has 1 heterocycles. The number of carbonyl (C=O) groups excluding carboxylic acids is 1. The number of ether oxygens (including phenoxy) is 1. The van der Waals surface area contributed by atoms with Crippen molar-refractivity contribution in [3.63, 3.8) is 0 Å². The van der Waals surface area contributed by atoms with Gasteiger partial charge in [-0.2, -0.15) is 5.10 Å². The minimum absolute atomic E-state index is 0.285. The lowest BCUT2D eigenvalue weighted by molar-refractivity contribution is 0.0521. The van der Waals surface area contributed by atoms with E-state index in [-0.39, 0.29) is 12.1 Å². The maximum absolute atomic E-state index is 11.8. The zero-order valence-corrected chi connectivity index (χ0v) is 14.1. The van der Waals surface area contributed by atoms with Gasteiger partial charge in [-0.3, -0.25) is 4.68 Å². The topological polar surface area (TPSA) is 68.2 Å². The number of aryl methyl sites for hydroxylation is 1. The molecule has 2 rings (SSSR count). The van der Waals surface area contributed by atoms with Crippen molar-refractivity contribution in [3.8, 4) is 0 Å². The van der Waals surface area contributed by atoms with Crippen LogP contribution in [-0.2, 0) is 17.8 Å². The Morgan fingerprint density at radius 1 is 1.50 bits per heavy atom. The fourth-order valence-electron chi connectivity index (χ4n) is 2.44. The van der Waals surface area contributed by atoms with Crippen LogP contribution in [0.3, 0.4) is 0 Å². The van der Waals surface area contributed by atoms with Gasteiger partial charge in [0.15, 0.2) is 0 Å². The van der Waals surface area contributed by atoms with Crippen LogP contribution in [0.4, 0.5) is 4.79 Å². The lowest BCUT2D eigenvalue weighted by Crippen LogP contribution is -2.43.